The quantitative estimate of drug-likeness (QED) is 0.0526. The molecule has 18 heteroatoms. The van der Waals surface area contributed by atoms with E-state index in [9.17, 15) is 29.4 Å². The summed E-state index contributed by atoms with van der Waals surface area (Å²) in [7, 11) is 0. The minimum atomic E-state index is -0.716. The van der Waals surface area contributed by atoms with Gasteiger partial charge in [0.05, 0.1) is 43.7 Å². The number of phenolic OH excluding ortho intramolecular Hbond substituents is 2. The molecular weight excluding hydrogens is 1030 g/mol. The van der Waals surface area contributed by atoms with Gasteiger partial charge < -0.3 is 30.3 Å². The van der Waals surface area contributed by atoms with Crippen molar-refractivity contribution in [1.82, 2.24) is 0 Å². The molecule has 74 heavy (non-hydrogen) atoms. The van der Waals surface area contributed by atoms with Gasteiger partial charge >= 0.3 is 11.9 Å². The highest BCUT2D eigenvalue weighted by atomic mass is 35.5. The number of esters is 2. The highest BCUT2D eigenvalue weighted by Crippen LogP contribution is 2.42. The number of phenols is 2. The molecule has 0 bridgehead atoms. The Balaban J connectivity index is 0.915. The number of aromatic hydroxyl groups is 2. The van der Waals surface area contributed by atoms with Crippen LogP contribution in [-0.4, -0.2) is 34.0 Å². The number of rotatable bonds is 12. The van der Waals surface area contributed by atoms with Crippen molar-refractivity contribution < 1.29 is 38.9 Å². The number of aryl methyl sites for hydroxylation is 2. The van der Waals surface area contributed by atoms with Gasteiger partial charge in [0.2, 0.25) is 0 Å². The van der Waals surface area contributed by atoms with E-state index >= 15 is 0 Å². The van der Waals surface area contributed by atoms with Gasteiger partial charge in [-0.05, 0) is 121 Å². The first-order valence-electron chi connectivity index (χ1n) is 22.2. The fourth-order valence-electron chi connectivity index (χ4n) is 7.56. The smallest absolute Gasteiger partial charge is 0.343 e. The second-order valence-electron chi connectivity index (χ2n) is 16.5. The highest BCUT2D eigenvalue weighted by molar-refractivity contribution is 6.43. The molecule has 2 amide bonds. The maximum absolute atomic E-state index is 13.8. The number of amides is 2. The molecular formula is C56H36Cl4N6O8. The van der Waals surface area contributed by atoms with Crippen LogP contribution >= 0.6 is 46.4 Å². The van der Waals surface area contributed by atoms with E-state index in [4.69, 9.17) is 55.9 Å². The molecule has 4 N–H and O–H groups in total. The molecule has 0 aliphatic rings. The number of azo groups is 2. The van der Waals surface area contributed by atoms with Gasteiger partial charge in [-0.2, -0.15) is 10.2 Å². The van der Waals surface area contributed by atoms with Crippen LogP contribution in [0.1, 0.15) is 52.6 Å². The maximum atomic E-state index is 13.8. The Labute approximate surface area is 441 Å². The van der Waals surface area contributed by atoms with Crippen LogP contribution in [0, 0.1) is 13.8 Å². The van der Waals surface area contributed by atoms with E-state index in [1.165, 1.54) is 36.4 Å². The summed E-state index contributed by atoms with van der Waals surface area (Å²) in [5, 5.41) is 49.0. The molecule has 0 aromatic heterocycles. The van der Waals surface area contributed by atoms with Crippen molar-refractivity contribution in [2.45, 2.75) is 13.8 Å². The van der Waals surface area contributed by atoms with Gasteiger partial charge in [0.1, 0.15) is 21.4 Å². The van der Waals surface area contributed by atoms with E-state index in [2.05, 4.69) is 31.1 Å². The number of hydrogen-bond acceptors (Lipinski definition) is 12. The maximum Gasteiger partial charge on any atom is 0.343 e. The van der Waals surface area contributed by atoms with Gasteiger partial charge in [0.15, 0.2) is 23.0 Å². The van der Waals surface area contributed by atoms with Crippen LogP contribution in [0.2, 0.25) is 20.1 Å². The number of carbonyl (C=O) groups excluding carboxylic acids is 4. The molecule has 0 aliphatic carbocycles. The Hall–Kier alpha value is -8.66. The molecule has 0 heterocycles. The number of halogens is 4. The molecule has 366 valence electrons. The van der Waals surface area contributed by atoms with Crippen LogP contribution in [0.15, 0.2) is 178 Å². The van der Waals surface area contributed by atoms with E-state index < -0.39 is 35.3 Å². The molecule has 0 saturated heterocycles. The number of benzene rings is 9. The molecule has 0 fully saturated rings. The average molecular weight is 1060 g/mol. The first-order chi connectivity index (χ1) is 35.6. The summed E-state index contributed by atoms with van der Waals surface area (Å²) in [5.74, 6) is -3.51. The summed E-state index contributed by atoms with van der Waals surface area (Å²) in [6.45, 7) is 3.53. The van der Waals surface area contributed by atoms with Gasteiger partial charge in [0, 0.05) is 22.1 Å². The molecule has 9 aromatic rings. The minimum absolute atomic E-state index is 0.00825. The van der Waals surface area contributed by atoms with Crippen molar-refractivity contribution in [3.8, 4) is 23.0 Å². The molecule has 9 rings (SSSR count). The molecule has 0 aliphatic heterocycles. The Kier molecular flexibility index (Phi) is 14.7. The minimum Gasteiger partial charge on any atom is -0.505 e. The summed E-state index contributed by atoms with van der Waals surface area (Å²) in [6, 6.07) is 42.0. The largest absolute Gasteiger partial charge is 0.505 e. The highest BCUT2D eigenvalue weighted by Gasteiger charge is 2.22. The van der Waals surface area contributed by atoms with Crippen molar-refractivity contribution in [2.75, 3.05) is 10.6 Å². The van der Waals surface area contributed by atoms with E-state index in [0.717, 1.165) is 0 Å². The summed E-state index contributed by atoms with van der Waals surface area (Å²) in [6.07, 6.45) is 0. The summed E-state index contributed by atoms with van der Waals surface area (Å²) >= 11 is 24.6. The first-order valence-corrected chi connectivity index (χ1v) is 23.7. The van der Waals surface area contributed by atoms with E-state index in [0.29, 0.717) is 55.4 Å². The fraction of sp³-hybridized carbons (Fsp3) is 0.0357. The SMILES string of the molecule is Cc1ccc(C(=O)Oc2cccc(Cl)c2Cl)cc1N=Nc1c(O)c(C(=O)Nc2ccc(NC(=O)c3cc4ccccc4c(N=Nc4cc(C(=O)Oc5cccc(Cl)c5Cl)ccc4C)c3O)cc2)cc2ccccc12. The van der Waals surface area contributed by atoms with Crippen molar-refractivity contribution in [3.05, 3.63) is 211 Å². The lowest BCUT2D eigenvalue weighted by Crippen LogP contribution is -2.13. The number of nitrogens with one attached hydrogen (secondary N) is 2. The Morgan fingerprint density at radius 2 is 0.851 bits per heavy atom. The van der Waals surface area contributed by atoms with Crippen molar-refractivity contribution in [3.63, 3.8) is 0 Å². The zero-order valence-corrected chi connectivity index (χ0v) is 41.7. The van der Waals surface area contributed by atoms with E-state index in [1.807, 2.05) is 0 Å². The first kappa shape index (κ1) is 50.3. The second-order valence-corrected chi connectivity index (χ2v) is 18.0. The lowest BCUT2D eigenvalue weighted by Gasteiger charge is -2.13. The number of ether oxygens (including phenoxy) is 2. The third-order valence-electron chi connectivity index (χ3n) is 11.5. The van der Waals surface area contributed by atoms with Crippen LogP contribution in [0.25, 0.3) is 21.5 Å². The zero-order valence-electron chi connectivity index (χ0n) is 38.7. The number of anilines is 2. The summed E-state index contributed by atoms with van der Waals surface area (Å²) in [5.41, 5.74) is 2.63. The predicted molar refractivity (Wildman–Crippen MR) is 287 cm³/mol. The number of nitrogens with zero attached hydrogens (tertiary/aromatic N) is 4. The molecule has 0 radical (unpaired) electrons. The average Bonchev–Trinajstić information content (AvgIpc) is 3.39. The zero-order chi connectivity index (χ0) is 52.2. The van der Waals surface area contributed by atoms with Crippen LogP contribution in [0.3, 0.4) is 0 Å². The predicted octanol–water partition coefficient (Wildman–Crippen LogP) is 16.4. The van der Waals surface area contributed by atoms with Crippen LogP contribution in [0.5, 0.6) is 23.0 Å². The lowest BCUT2D eigenvalue weighted by molar-refractivity contribution is 0.0725. The molecule has 0 spiro atoms. The van der Waals surface area contributed by atoms with Crippen molar-refractivity contribution >= 4 is 126 Å². The van der Waals surface area contributed by atoms with Gasteiger partial charge in [-0.3, -0.25) is 9.59 Å². The van der Waals surface area contributed by atoms with E-state index in [1.54, 1.807) is 135 Å². The van der Waals surface area contributed by atoms with Gasteiger partial charge in [-0.25, -0.2) is 9.59 Å². The molecule has 0 saturated carbocycles. The van der Waals surface area contributed by atoms with Crippen LogP contribution in [-0.2, 0) is 0 Å². The Morgan fingerprint density at radius 1 is 0.459 bits per heavy atom. The number of hydrogen-bond donors (Lipinski definition) is 4. The fourth-order valence-corrected chi connectivity index (χ4v) is 8.22. The van der Waals surface area contributed by atoms with E-state index in [-0.39, 0.29) is 65.2 Å². The summed E-state index contributed by atoms with van der Waals surface area (Å²) < 4.78 is 11.0. The molecule has 14 nitrogen and oxygen atoms in total. The van der Waals surface area contributed by atoms with Gasteiger partial charge in [-0.15, -0.1) is 10.2 Å². The number of carbonyl (C=O) groups is 4. The molecule has 9 aromatic carbocycles. The Bertz CT molecular complexity index is 3580. The van der Waals surface area contributed by atoms with Gasteiger partial charge in [-0.1, -0.05) is 119 Å². The lowest BCUT2D eigenvalue weighted by atomic mass is 10.0. The van der Waals surface area contributed by atoms with Crippen molar-refractivity contribution in [1.29, 1.82) is 0 Å². The van der Waals surface area contributed by atoms with Crippen molar-refractivity contribution in [2.24, 2.45) is 20.5 Å². The standard InChI is InChI=1S/C56H36Cl4N6O8/c1-29-17-19-33(55(71)73-45-15-7-13-41(57)47(45)59)27-43(29)63-65-49-37-11-5-3-9-31(37)25-39(51(49)67)53(69)61-35-21-23-36(24-22-35)62-54(70)40-26-32-10-4-6-12-38(32)50(52(40)68)66-64-44-28-34(20-18-30(44)2)56(72)74-46-16-8-14-42(58)48(46)60/h3-28,67-68H,1-2H3,(H,61,69)(H,62,70). The summed E-state index contributed by atoms with van der Waals surface area (Å²) in [4.78, 5) is 53.9. The Morgan fingerprint density at radius 3 is 1.26 bits per heavy atom. The third-order valence-corrected chi connectivity index (χ3v) is 13.1. The molecule has 0 unspecified atom stereocenters. The normalized spacial score (nSPS) is 11.3. The second kappa shape index (κ2) is 21.6. The third kappa shape index (κ3) is 10.7. The number of fused-ring (bicyclic) bond motifs is 2. The topological polar surface area (TPSA) is 201 Å². The monoisotopic (exact) mass is 1060 g/mol. The van der Waals surface area contributed by atoms with Crippen LogP contribution < -0.4 is 20.1 Å². The molecule has 0 atom stereocenters. The van der Waals surface area contributed by atoms with Gasteiger partial charge in [0.25, 0.3) is 11.8 Å². The van der Waals surface area contributed by atoms with Crippen LogP contribution in [0.4, 0.5) is 34.1 Å².